The Labute approximate surface area is 179 Å². The third-order valence-corrected chi connectivity index (χ3v) is 5.53. The van der Waals surface area contributed by atoms with E-state index in [9.17, 15) is 4.79 Å². The molecule has 1 atom stereocenters. The van der Waals surface area contributed by atoms with Gasteiger partial charge in [-0.2, -0.15) is 0 Å². The smallest absolute Gasteiger partial charge is 0.263 e. The van der Waals surface area contributed by atoms with Crippen LogP contribution in [-0.4, -0.2) is 48.1 Å². The van der Waals surface area contributed by atoms with Crippen molar-refractivity contribution in [1.29, 1.82) is 0 Å². The molecule has 2 aromatic carbocycles. The molecule has 7 heteroatoms. The number of carbonyl (C=O) groups is 1. The zero-order valence-electron chi connectivity index (χ0n) is 16.0. The minimum Gasteiger partial charge on any atom is -0.481 e. The van der Waals surface area contributed by atoms with Crippen LogP contribution in [0.1, 0.15) is 6.92 Å². The van der Waals surface area contributed by atoms with Crippen LogP contribution in [-0.2, 0) is 4.79 Å². The number of carbonyl (C=O) groups excluding carboxylic acids is 1. The van der Waals surface area contributed by atoms with Crippen LogP contribution < -0.4 is 10.1 Å². The number of piperazine rings is 1. The number of fused-ring (bicyclic) bond motifs is 1. The van der Waals surface area contributed by atoms with E-state index in [0.717, 1.165) is 29.6 Å². The summed E-state index contributed by atoms with van der Waals surface area (Å²) in [5, 5.41) is 5.17. The molecule has 150 valence electrons. The van der Waals surface area contributed by atoms with Crippen LogP contribution in [0.5, 0.6) is 5.75 Å². The van der Waals surface area contributed by atoms with Crippen LogP contribution >= 0.6 is 23.2 Å². The first kappa shape index (κ1) is 20.0. The van der Waals surface area contributed by atoms with Crippen molar-refractivity contribution in [3.05, 3.63) is 58.7 Å². The highest BCUT2D eigenvalue weighted by molar-refractivity contribution is 6.34. The number of halogens is 2. The maximum atomic E-state index is 12.6. The predicted octanol–water partition coefficient (Wildman–Crippen LogP) is 4.41. The average molecular weight is 430 g/mol. The first-order valence-electron chi connectivity index (χ1n) is 9.54. The molecule has 1 N–H and O–H groups in total. The van der Waals surface area contributed by atoms with Gasteiger partial charge in [0.2, 0.25) is 0 Å². The molecule has 0 saturated carbocycles. The number of ether oxygens (including phenoxy) is 1. The lowest BCUT2D eigenvalue weighted by atomic mass is 10.0. The van der Waals surface area contributed by atoms with Crippen LogP contribution in [0.2, 0.25) is 10.2 Å². The van der Waals surface area contributed by atoms with E-state index in [4.69, 9.17) is 27.9 Å². The maximum Gasteiger partial charge on any atom is 0.263 e. The van der Waals surface area contributed by atoms with Crippen LogP contribution in [0.25, 0.3) is 22.0 Å². The lowest BCUT2D eigenvalue weighted by Gasteiger charge is -2.29. The Bertz CT molecular complexity index is 1050. The van der Waals surface area contributed by atoms with Crippen LogP contribution in [0.3, 0.4) is 0 Å². The van der Waals surface area contributed by atoms with E-state index >= 15 is 0 Å². The van der Waals surface area contributed by atoms with Crippen molar-refractivity contribution in [2.24, 2.45) is 0 Å². The predicted molar refractivity (Wildman–Crippen MR) is 117 cm³/mol. The minimum absolute atomic E-state index is 0.0117. The number of amides is 1. The summed E-state index contributed by atoms with van der Waals surface area (Å²) in [7, 11) is 0. The highest BCUT2D eigenvalue weighted by Crippen LogP contribution is 2.35. The number of rotatable bonds is 4. The molecule has 29 heavy (non-hydrogen) atoms. The van der Waals surface area contributed by atoms with Crippen molar-refractivity contribution in [2.45, 2.75) is 13.0 Å². The van der Waals surface area contributed by atoms with E-state index in [1.54, 1.807) is 6.92 Å². The van der Waals surface area contributed by atoms with E-state index < -0.39 is 6.10 Å². The Balaban J connectivity index is 1.63. The molecule has 3 aromatic rings. The summed E-state index contributed by atoms with van der Waals surface area (Å²) < 4.78 is 5.93. The molecule has 2 heterocycles. The number of pyridine rings is 1. The lowest BCUT2D eigenvalue weighted by Crippen LogP contribution is -2.50. The highest BCUT2D eigenvalue weighted by Gasteiger charge is 2.23. The molecule has 4 rings (SSSR count). The van der Waals surface area contributed by atoms with Gasteiger partial charge in [-0.05, 0) is 36.8 Å². The molecule has 5 nitrogen and oxygen atoms in total. The van der Waals surface area contributed by atoms with Crippen molar-refractivity contribution >= 4 is 40.0 Å². The molecule has 1 aliphatic heterocycles. The standard InChI is InChI=1S/C22H21Cl2N3O2/c1-14(22(28)27-10-8-25-9-11-27)29-15-6-7-17-18(13-21(24)26-20(17)12-15)16-4-2-3-5-19(16)23/h2-7,12-14,25H,8-11H2,1H3. The van der Waals surface area contributed by atoms with E-state index in [1.165, 1.54) is 0 Å². The summed E-state index contributed by atoms with van der Waals surface area (Å²) in [5.74, 6) is 0.566. The zero-order chi connectivity index (χ0) is 20.4. The Kier molecular flexibility index (Phi) is 5.90. The molecule has 1 saturated heterocycles. The zero-order valence-corrected chi connectivity index (χ0v) is 17.5. The Morgan fingerprint density at radius 3 is 2.62 bits per heavy atom. The fourth-order valence-corrected chi connectivity index (χ4v) is 3.99. The van der Waals surface area contributed by atoms with Crippen LogP contribution in [0, 0.1) is 0 Å². The summed E-state index contributed by atoms with van der Waals surface area (Å²) in [5.41, 5.74) is 2.48. The second-order valence-corrected chi connectivity index (χ2v) is 7.78. The van der Waals surface area contributed by atoms with E-state index in [0.29, 0.717) is 34.5 Å². The molecule has 1 unspecified atom stereocenters. The number of aromatic nitrogens is 1. The second-order valence-electron chi connectivity index (χ2n) is 6.99. The van der Waals surface area contributed by atoms with Crippen molar-refractivity contribution in [3.63, 3.8) is 0 Å². The number of hydrogen-bond donors (Lipinski definition) is 1. The molecule has 0 aliphatic carbocycles. The van der Waals surface area contributed by atoms with Crippen molar-refractivity contribution in [1.82, 2.24) is 15.2 Å². The Morgan fingerprint density at radius 1 is 1.10 bits per heavy atom. The number of benzene rings is 2. The van der Waals surface area contributed by atoms with Crippen LogP contribution in [0.15, 0.2) is 48.5 Å². The quantitative estimate of drug-likeness (QED) is 0.624. The second kappa shape index (κ2) is 8.57. The molecule has 1 aromatic heterocycles. The Hall–Kier alpha value is -2.34. The van der Waals surface area contributed by atoms with Crippen molar-refractivity contribution < 1.29 is 9.53 Å². The first-order chi connectivity index (χ1) is 14.0. The van der Waals surface area contributed by atoms with Gasteiger partial charge < -0.3 is 15.0 Å². The summed E-state index contributed by atoms with van der Waals surface area (Å²) in [4.78, 5) is 18.9. The molecule has 1 amide bonds. The van der Waals surface area contributed by atoms with E-state index in [2.05, 4.69) is 10.3 Å². The molecule has 1 aliphatic rings. The minimum atomic E-state index is -0.576. The fraction of sp³-hybridized carbons (Fsp3) is 0.273. The van der Waals surface area contributed by atoms with Gasteiger partial charge in [0.15, 0.2) is 6.10 Å². The number of hydrogen-bond acceptors (Lipinski definition) is 4. The van der Waals surface area contributed by atoms with Crippen molar-refractivity contribution in [2.75, 3.05) is 26.2 Å². The maximum absolute atomic E-state index is 12.6. The third kappa shape index (κ3) is 4.32. The summed E-state index contributed by atoms with van der Waals surface area (Å²) in [6, 6.07) is 15.0. The molecular formula is C22H21Cl2N3O2. The van der Waals surface area contributed by atoms with Gasteiger partial charge in [0, 0.05) is 48.2 Å². The fourth-order valence-electron chi connectivity index (χ4n) is 3.55. The number of nitrogens with one attached hydrogen (secondary N) is 1. The largest absolute Gasteiger partial charge is 0.481 e. The topological polar surface area (TPSA) is 54.5 Å². The van der Waals surface area contributed by atoms with Gasteiger partial charge in [-0.3, -0.25) is 4.79 Å². The first-order valence-corrected chi connectivity index (χ1v) is 10.3. The summed E-state index contributed by atoms with van der Waals surface area (Å²) >= 11 is 12.7. The normalized spacial score (nSPS) is 15.3. The van der Waals surface area contributed by atoms with E-state index in [1.807, 2.05) is 53.4 Å². The highest BCUT2D eigenvalue weighted by atomic mass is 35.5. The third-order valence-electron chi connectivity index (χ3n) is 5.00. The molecule has 0 bridgehead atoms. The van der Waals surface area contributed by atoms with Crippen LogP contribution in [0.4, 0.5) is 0 Å². The number of nitrogens with zero attached hydrogens (tertiary/aromatic N) is 2. The van der Waals surface area contributed by atoms with Crippen molar-refractivity contribution in [3.8, 4) is 16.9 Å². The van der Waals surface area contributed by atoms with Gasteiger partial charge in [-0.15, -0.1) is 0 Å². The molecule has 0 radical (unpaired) electrons. The Morgan fingerprint density at radius 2 is 1.86 bits per heavy atom. The van der Waals surface area contributed by atoms with Gasteiger partial charge >= 0.3 is 0 Å². The lowest BCUT2D eigenvalue weighted by molar-refractivity contribution is -0.138. The summed E-state index contributed by atoms with van der Waals surface area (Å²) in [6.07, 6.45) is -0.576. The van der Waals surface area contributed by atoms with Gasteiger partial charge in [0.05, 0.1) is 5.52 Å². The molecular weight excluding hydrogens is 409 g/mol. The molecule has 1 fully saturated rings. The SMILES string of the molecule is CC(Oc1ccc2c(-c3ccccc3Cl)cc(Cl)nc2c1)C(=O)N1CCNCC1. The molecule has 0 spiro atoms. The van der Waals surface area contributed by atoms with E-state index in [-0.39, 0.29) is 5.91 Å². The van der Waals surface area contributed by atoms with Gasteiger partial charge in [0.1, 0.15) is 10.9 Å². The average Bonchev–Trinajstić information content (AvgIpc) is 2.73. The van der Waals surface area contributed by atoms with Gasteiger partial charge in [-0.1, -0.05) is 41.4 Å². The van der Waals surface area contributed by atoms with Gasteiger partial charge in [0.25, 0.3) is 5.91 Å². The summed E-state index contributed by atoms with van der Waals surface area (Å²) in [6.45, 7) is 4.78. The van der Waals surface area contributed by atoms with Gasteiger partial charge in [-0.25, -0.2) is 4.98 Å². The monoisotopic (exact) mass is 429 g/mol.